The zero-order chi connectivity index (χ0) is 18.4. The summed E-state index contributed by atoms with van der Waals surface area (Å²) in [7, 11) is 0. The van der Waals surface area contributed by atoms with Gasteiger partial charge in [-0.15, -0.1) is 0 Å². The van der Waals surface area contributed by atoms with E-state index in [1.165, 1.54) is 0 Å². The first-order valence-corrected chi connectivity index (χ1v) is 8.87. The first-order chi connectivity index (χ1) is 12.8. The second-order valence-electron chi connectivity index (χ2n) is 5.77. The smallest absolute Gasteiger partial charge is 0.152 e. The average Bonchev–Trinajstić information content (AvgIpc) is 3.02. The van der Waals surface area contributed by atoms with E-state index in [9.17, 15) is 0 Å². The summed E-state index contributed by atoms with van der Waals surface area (Å²) in [5, 5.41) is 3.89. The van der Waals surface area contributed by atoms with E-state index in [-0.39, 0.29) is 0 Å². The van der Waals surface area contributed by atoms with Gasteiger partial charge in [-0.05, 0) is 25.5 Å². The molecular weight excluding hydrogens is 332 g/mol. The second kappa shape index (κ2) is 8.57. The van der Waals surface area contributed by atoms with E-state index in [4.69, 9.17) is 15.3 Å². The average molecular weight is 356 g/mol. The largest absolute Gasteiger partial charge is 0.396 e. The number of nitrogens with two attached hydrogens (primary N) is 1. The number of oxime groups is 1. The predicted molar refractivity (Wildman–Crippen MR) is 102 cm³/mol. The predicted octanol–water partition coefficient (Wildman–Crippen LogP) is 2.90. The van der Waals surface area contributed by atoms with Gasteiger partial charge in [0.25, 0.3) is 0 Å². The van der Waals surface area contributed by atoms with Crippen LogP contribution in [-0.4, -0.2) is 38.9 Å². The first-order valence-electron chi connectivity index (χ1n) is 8.87. The van der Waals surface area contributed by atoms with Gasteiger partial charge in [-0.3, -0.25) is 4.98 Å². The molecule has 138 valence electrons. The minimum Gasteiger partial charge on any atom is -0.396 e. The minimum atomic E-state index is 0.404. The lowest BCUT2D eigenvalue weighted by molar-refractivity contribution is 0.122. The summed E-state index contributed by atoms with van der Waals surface area (Å²) in [4.78, 5) is 18.9. The summed E-state index contributed by atoms with van der Waals surface area (Å²) in [5.74, 6) is 1.21. The van der Waals surface area contributed by atoms with Crippen molar-refractivity contribution in [3.63, 3.8) is 0 Å². The number of aromatic nitrogens is 4. The molecule has 8 heteroatoms. The number of ether oxygens (including phenoxy) is 1. The second-order valence-corrected chi connectivity index (χ2v) is 5.77. The summed E-state index contributed by atoms with van der Waals surface area (Å²) in [5.41, 5.74) is 9.24. The van der Waals surface area contributed by atoms with Crippen LogP contribution in [0.1, 0.15) is 32.5 Å². The van der Waals surface area contributed by atoms with Crippen LogP contribution < -0.4 is 5.73 Å². The molecule has 0 amide bonds. The standard InChI is InChI=1S/C18H24N6O2/c1-3-8-21-26-11-6-10-24-14(12-25-4-2)23-16-17(24)15-13(22-18(16)19)7-5-9-20-15/h5,7-9H,3-4,6,10-12H2,1-2H3,(H2,19,22)/b21-8+. The van der Waals surface area contributed by atoms with Gasteiger partial charge in [-0.1, -0.05) is 12.1 Å². The zero-order valence-corrected chi connectivity index (χ0v) is 15.2. The summed E-state index contributed by atoms with van der Waals surface area (Å²) >= 11 is 0. The molecule has 0 unspecified atom stereocenters. The number of rotatable bonds is 9. The summed E-state index contributed by atoms with van der Waals surface area (Å²) in [6.45, 7) is 6.23. The molecule has 3 aromatic heterocycles. The molecule has 0 radical (unpaired) electrons. The van der Waals surface area contributed by atoms with Gasteiger partial charge in [0.05, 0.1) is 5.52 Å². The molecule has 0 bridgehead atoms. The van der Waals surface area contributed by atoms with Crippen LogP contribution in [0, 0.1) is 0 Å². The monoisotopic (exact) mass is 356 g/mol. The third-order valence-corrected chi connectivity index (χ3v) is 3.93. The van der Waals surface area contributed by atoms with E-state index in [1.54, 1.807) is 12.4 Å². The van der Waals surface area contributed by atoms with Gasteiger partial charge in [0.2, 0.25) is 0 Å². The van der Waals surface area contributed by atoms with Crippen molar-refractivity contribution in [2.75, 3.05) is 18.9 Å². The van der Waals surface area contributed by atoms with Gasteiger partial charge in [0, 0.05) is 32.0 Å². The van der Waals surface area contributed by atoms with E-state index in [1.807, 2.05) is 26.0 Å². The molecular formula is C18H24N6O2. The van der Waals surface area contributed by atoms with Gasteiger partial charge >= 0.3 is 0 Å². The van der Waals surface area contributed by atoms with Crippen molar-refractivity contribution < 1.29 is 9.57 Å². The van der Waals surface area contributed by atoms with Gasteiger partial charge in [0.15, 0.2) is 5.82 Å². The quantitative estimate of drug-likeness (QED) is 0.359. The van der Waals surface area contributed by atoms with Crippen LogP contribution in [0.5, 0.6) is 0 Å². The molecule has 2 N–H and O–H groups in total. The highest BCUT2D eigenvalue weighted by molar-refractivity contribution is 6.04. The third-order valence-electron chi connectivity index (χ3n) is 3.93. The van der Waals surface area contributed by atoms with Crippen molar-refractivity contribution in [1.82, 2.24) is 19.5 Å². The number of pyridine rings is 2. The van der Waals surface area contributed by atoms with Crippen molar-refractivity contribution in [3.8, 4) is 0 Å². The molecule has 0 aliphatic rings. The maximum absolute atomic E-state index is 6.14. The Labute approximate surface area is 152 Å². The topological polar surface area (TPSA) is 100 Å². The fourth-order valence-corrected chi connectivity index (χ4v) is 2.78. The van der Waals surface area contributed by atoms with Crippen molar-refractivity contribution in [3.05, 3.63) is 24.2 Å². The molecule has 3 heterocycles. The Hall–Kier alpha value is -2.74. The fraction of sp³-hybridized carbons (Fsp3) is 0.444. The number of nitrogen functional groups attached to an aromatic ring is 1. The van der Waals surface area contributed by atoms with E-state index >= 15 is 0 Å². The molecule has 8 nitrogen and oxygen atoms in total. The highest BCUT2D eigenvalue weighted by atomic mass is 16.6. The third kappa shape index (κ3) is 3.75. The highest BCUT2D eigenvalue weighted by Gasteiger charge is 2.17. The van der Waals surface area contributed by atoms with Crippen molar-refractivity contribution in [2.24, 2.45) is 5.16 Å². The van der Waals surface area contributed by atoms with E-state index in [0.29, 0.717) is 37.7 Å². The number of hydrogen-bond acceptors (Lipinski definition) is 7. The van der Waals surface area contributed by atoms with Crippen LogP contribution in [0.3, 0.4) is 0 Å². The molecule has 3 aromatic rings. The Bertz CT molecular complexity index is 905. The SMILES string of the molecule is CC/C=N/OCCCn1c(COCC)nc2c(N)nc3cccnc3c21. The molecule has 0 aliphatic carbocycles. The minimum absolute atomic E-state index is 0.404. The summed E-state index contributed by atoms with van der Waals surface area (Å²) in [6, 6.07) is 3.75. The van der Waals surface area contributed by atoms with Crippen LogP contribution in [0.4, 0.5) is 5.82 Å². The van der Waals surface area contributed by atoms with Crippen LogP contribution >= 0.6 is 0 Å². The molecule has 0 fully saturated rings. The van der Waals surface area contributed by atoms with Crippen molar-refractivity contribution >= 4 is 34.1 Å². The van der Waals surface area contributed by atoms with Crippen LogP contribution in [-0.2, 0) is 22.7 Å². The Morgan fingerprint density at radius 1 is 1.27 bits per heavy atom. The zero-order valence-electron chi connectivity index (χ0n) is 15.2. The normalized spacial score (nSPS) is 11.8. The number of hydrogen-bond donors (Lipinski definition) is 1. The van der Waals surface area contributed by atoms with Gasteiger partial charge in [-0.25, -0.2) is 9.97 Å². The lowest BCUT2D eigenvalue weighted by Crippen LogP contribution is -2.08. The molecule has 0 aromatic carbocycles. The highest BCUT2D eigenvalue weighted by Crippen LogP contribution is 2.27. The lowest BCUT2D eigenvalue weighted by Gasteiger charge is -2.10. The number of nitrogens with zero attached hydrogens (tertiary/aromatic N) is 5. The van der Waals surface area contributed by atoms with E-state index in [0.717, 1.165) is 35.2 Å². The van der Waals surface area contributed by atoms with Gasteiger partial charge in [0.1, 0.15) is 35.6 Å². The van der Waals surface area contributed by atoms with Crippen LogP contribution in [0.2, 0.25) is 0 Å². The number of aryl methyl sites for hydroxylation is 1. The van der Waals surface area contributed by atoms with E-state index in [2.05, 4.69) is 24.7 Å². The molecule has 0 saturated carbocycles. The molecule has 0 spiro atoms. The number of fused-ring (bicyclic) bond motifs is 3. The molecule has 0 atom stereocenters. The molecule has 0 aliphatic heterocycles. The Kier molecular flexibility index (Phi) is 5.96. The maximum Gasteiger partial charge on any atom is 0.152 e. The number of imidazole rings is 1. The van der Waals surface area contributed by atoms with Gasteiger partial charge < -0.3 is 19.9 Å². The fourth-order valence-electron chi connectivity index (χ4n) is 2.78. The number of anilines is 1. The first kappa shape index (κ1) is 18.1. The Balaban J connectivity index is 1.97. The Morgan fingerprint density at radius 2 is 2.15 bits per heavy atom. The molecule has 0 saturated heterocycles. The van der Waals surface area contributed by atoms with Crippen LogP contribution in [0.15, 0.2) is 23.5 Å². The van der Waals surface area contributed by atoms with E-state index < -0.39 is 0 Å². The maximum atomic E-state index is 6.14. The summed E-state index contributed by atoms with van der Waals surface area (Å²) < 4.78 is 7.68. The molecule has 26 heavy (non-hydrogen) atoms. The summed E-state index contributed by atoms with van der Waals surface area (Å²) in [6.07, 6.45) is 5.13. The van der Waals surface area contributed by atoms with Gasteiger partial charge in [-0.2, -0.15) is 0 Å². The van der Waals surface area contributed by atoms with Crippen molar-refractivity contribution in [1.29, 1.82) is 0 Å². The van der Waals surface area contributed by atoms with Crippen LogP contribution in [0.25, 0.3) is 22.1 Å². The molecule has 3 rings (SSSR count). The lowest BCUT2D eigenvalue weighted by atomic mass is 10.2. The van der Waals surface area contributed by atoms with Crippen molar-refractivity contribution in [2.45, 2.75) is 39.8 Å². The Morgan fingerprint density at radius 3 is 2.96 bits per heavy atom.